The van der Waals surface area contributed by atoms with Crippen molar-refractivity contribution in [3.05, 3.63) is 64.6 Å². The predicted octanol–water partition coefficient (Wildman–Crippen LogP) is 3.39. The molecule has 0 unspecified atom stereocenters. The number of carbonyl (C=O) groups is 2. The SMILES string of the molecule is CCOC(=O)c1cc2c([nH]1)C(=O)CC1=C2CCN1Cc1ccccc1. The number of hydrogen-bond acceptors (Lipinski definition) is 4. The van der Waals surface area contributed by atoms with Gasteiger partial charge in [0.1, 0.15) is 5.69 Å². The van der Waals surface area contributed by atoms with Crippen LogP contribution in [0.25, 0.3) is 5.57 Å². The van der Waals surface area contributed by atoms with Crippen molar-refractivity contribution in [2.24, 2.45) is 0 Å². The fourth-order valence-corrected chi connectivity index (χ4v) is 3.68. The van der Waals surface area contributed by atoms with Crippen LogP contribution >= 0.6 is 0 Å². The average Bonchev–Trinajstić information content (AvgIpc) is 3.21. The van der Waals surface area contributed by atoms with Crippen LogP contribution in [0, 0.1) is 0 Å². The van der Waals surface area contributed by atoms with Crippen molar-refractivity contribution in [1.82, 2.24) is 9.88 Å². The summed E-state index contributed by atoms with van der Waals surface area (Å²) < 4.78 is 5.04. The third kappa shape index (κ3) is 2.76. The van der Waals surface area contributed by atoms with E-state index >= 15 is 0 Å². The Morgan fingerprint density at radius 3 is 2.84 bits per heavy atom. The van der Waals surface area contributed by atoms with Gasteiger partial charge in [0.2, 0.25) is 0 Å². The summed E-state index contributed by atoms with van der Waals surface area (Å²) in [6.07, 6.45) is 1.28. The fourth-order valence-electron chi connectivity index (χ4n) is 3.68. The summed E-state index contributed by atoms with van der Waals surface area (Å²) in [6, 6.07) is 12.0. The van der Waals surface area contributed by atoms with Gasteiger partial charge in [0.25, 0.3) is 0 Å². The van der Waals surface area contributed by atoms with Crippen molar-refractivity contribution < 1.29 is 14.3 Å². The summed E-state index contributed by atoms with van der Waals surface area (Å²) in [7, 11) is 0. The Balaban J connectivity index is 1.66. The molecule has 5 nitrogen and oxygen atoms in total. The maximum absolute atomic E-state index is 12.6. The number of aromatic amines is 1. The number of hydrogen-bond donors (Lipinski definition) is 1. The van der Waals surface area contributed by atoms with Gasteiger partial charge in [-0.05, 0) is 30.5 Å². The van der Waals surface area contributed by atoms with Gasteiger partial charge in [-0.15, -0.1) is 0 Å². The molecule has 1 aliphatic carbocycles. The molecule has 1 aromatic heterocycles. The molecule has 0 fully saturated rings. The summed E-state index contributed by atoms with van der Waals surface area (Å²) in [4.78, 5) is 29.8. The third-order valence-electron chi connectivity index (χ3n) is 4.82. The zero-order valence-electron chi connectivity index (χ0n) is 14.2. The summed E-state index contributed by atoms with van der Waals surface area (Å²) in [5.74, 6) is -0.379. The molecule has 0 atom stereocenters. The minimum absolute atomic E-state index is 0.0317. The molecule has 0 amide bonds. The second-order valence-corrected chi connectivity index (χ2v) is 6.37. The topological polar surface area (TPSA) is 62.4 Å². The first kappa shape index (κ1) is 15.7. The second kappa shape index (κ2) is 6.24. The van der Waals surface area contributed by atoms with Crippen molar-refractivity contribution in [2.75, 3.05) is 13.2 Å². The molecule has 5 heteroatoms. The number of aromatic nitrogens is 1. The van der Waals surface area contributed by atoms with Crippen molar-refractivity contribution in [3.63, 3.8) is 0 Å². The zero-order chi connectivity index (χ0) is 17.4. The van der Waals surface area contributed by atoms with E-state index in [1.165, 1.54) is 11.1 Å². The van der Waals surface area contributed by atoms with Crippen molar-refractivity contribution in [1.29, 1.82) is 0 Å². The van der Waals surface area contributed by atoms with Crippen molar-refractivity contribution in [2.45, 2.75) is 26.3 Å². The first-order valence-corrected chi connectivity index (χ1v) is 8.62. The Labute approximate surface area is 146 Å². The molecule has 0 saturated carbocycles. The highest BCUT2D eigenvalue weighted by atomic mass is 16.5. The summed E-state index contributed by atoms with van der Waals surface area (Å²) in [5.41, 5.74) is 5.27. The van der Waals surface area contributed by atoms with Gasteiger partial charge in [0, 0.05) is 24.4 Å². The van der Waals surface area contributed by atoms with Crippen LogP contribution in [0.5, 0.6) is 0 Å². The molecule has 128 valence electrons. The van der Waals surface area contributed by atoms with Gasteiger partial charge in [0.05, 0.1) is 18.7 Å². The Morgan fingerprint density at radius 1 is 1.28 bits per heavy atom. The molecule has 2 aliphatic rings. The number of ether oxygens (including phenoxy) is 1. The molecule has 25 heavy (non-hydrogen) atoms. The van der Waals surface area contributed by atoms with Crippen LogP contribution in [0.2, 0.25) is 0 Å². The molecule has 4 rings (SSSR count). The molecule has 0 spiro atoms. The maximum Gasteiger partial charge on any atom is 0.354 e. The molecule has 1 aliphatic heterocycles. The number of esters is 1. The van der Waals surface area contributed by atoms with Crippen molar-refractivity contribution in [3.8, 4) is 0 Å². The second-order valence-electron chi connectivity index (χ2n) is 6.37. The van der Waals surface area contributed by atoms with Crippen LogP contribution in [0.1, 0.15) is 51.9 Å². The van der Waals surface area contributed by atoms with E-state index in [1.54, 1.807) is 13.0 Å². The summed E-state index contributed by atoms with van der Waals surface area (Å²) in [6.45, 7) is 3.78. The van der Waals surface area contributed by atoms with Gasteiger partial charge in [-0.3, -0.25) is 4.79 Å². The van der Waals surface area contributed by atoms with Gasteiger partial charge >= 0.3 is 5.97 Å². The van der Waals surface area contributed by atoms with E-state index in [0.717, 1.165) is 30.8 Å². The zero-order valence-corrected chi connectivity index (χ0v) is 14.2. The van der Waals surface area contributed by atoms with Crippen LogP contribution in [0.15, 0.2) is 42.1 Å². The van der Waals surface area contributed by atoms with E-state index in [1.807, 2.05) is 18.2 Å². The lowest BCUT2D eigenvalue weighted by Gasteiger charge is -2.24. The highest BCUT2D eigenvalue weighted by Crippen LogP contribution is 2.40. The molecule has 0 saturated heterocycles. The first-order chi connectivity index (χ1) is 12.2. The van der Waals surface area contributed by atoms with E-state index in [-0.39, 0.29) is 5.78 Å². The average molecular weight is 336 g/mol. The van der Waals surface area contributed by atoms with E-state index in [9.17, 15) is 9.59 Å². The van der Waals surface area contributed by atoms with E-state index < -0.39 is 5.97 Å². The van der Waals surface area contributed by atoms with Crippen LogP contribution in [0.3, 0.4) is 0 Å². The Kier molecular flexibility index (Phi) is 3.92. The number of Topliss-reactive ketones (excluding diaryl/α,β-unsaturated/α-hetero) is 1. The maximum atomic E-state index is 12.6. The number of H-pyrrole nitrogens is 1. The van der Waals surface area contributed by atoms with E-state index in [4.69, 9.17) is 4.74 Å². The lowest BCUT2D eigenvalue weighted by molar-refractivity contribution is 0.0520. The van der Waals surface area contributed by atoms with Gasteiger partial charge in [-0.25, -0.2) is 4.79 Å². The summed E-state index contributed by atoms with van der Waals surface area (Å²) >= 11 is 0. The normalized spacial score (nSPS) is 16.0. The van der Waals surface area contributed by atoms with Gasteiger partial charge in [-0.2, -0.15) is 0 Å². The van der Waals surface area contributed by atoms with Gasteiger partial charge in [-0.1, -0.05) is 30.3 Å². The molecule has 2 heterocycles. The number of carbonyl (C=O) groups excluding carboxylic acids is 2. The van der Waals surface area contributed by atoms with Crippen LogP contribution in [-0.2, 0) is 11.3 Å². The van der Waals surface area contributed by atoms with E-state index in [0.29, 0.717) is 24.4 Å². The molecule has 0 bridgehead atoms. The Hall–Kier alpha value is -2.82. The summed E-state index contributed by atoms with van der Waals surface area (Å²) in [5, 5.41) is 0. The molecular formula is C20H20N2O3. The number of nitrogens with zero attached hydrogens (tertiary/aromatic N) is 1. The number of nitrogens with one attached hydrogen (secondary N) is 1. The van der Waals surface area contributed by atoms with Gasteiger partial charge in [0.15, 0.2) is 5.78 Å². The molecule has 2 aromatic rings. The molecule has 1 aromatic carbocycles. The lowest BCUT2D eigenvalue weighted by Crippen LogP contribution is -2.22. The number of benzene rings is 1. The highest BCUT2D eigenvalue weighted by molar-refractivity contribution is 6.06. The molecule has 1 N–H and O–H groups in total. The van der Waals surface area contributed by atoms with Crippen LogP contribution in [0.4, 0.5) is 0 Å². The van der Waals surface area contributed by atoms with Crippen LogP contribution in [-0.4, -0.2) is 34.8 Å². The Bertz CT molecular complexity index is 864. The first-order valence-electron chi connectivity index (χ1n) is 8.62. The minimum Gasteiger partial charge on any atom is -0.461 e. The number of ketones is 1. The van der Waals surface area contributed by atoms with Gasteiger partial charge < -0.3 is 14.6 Å². The van der Waals surface area contributed by atoms with E-state index in [2.05, 4.69) is 22.0 Å². The smallest absolute Gasteiger partial charge is 0.354 e. The monoisotopic (exact) mass is 336 g/mol. The number of fused-ring (bicyclic) bond motifs is 2. The Morgan fingerprint density at radius 2 is 2.08 bits per heavy atom. The molecular weight excluding hydrogens is 316 g/mol. The fraction of sp³-hybridized carbons (Fsp3) is 0.300. The van der Waals surface area contributed by atoms with Crippen LogP contribution < -0.4 is 0 Å². The minimum atomic E-state index is -0.411. The third-order valence-corrected chi connectivity index (χ3v) is 4.82. The number of rotatable bonds is 4. The standard InChI is InChI=1S/C20H20N2O3/c1-2-25-20(24)16-10-15-14-8-9-22(12-13-6-4-3-5-7-13)17(14)11-18(23)19(15)21-16/h3-7,10,21H,2,8-9,11-12H2,1H3. The predicted molar refractivity (Wildman–Crippen MR) is 94.1 cm³/mol. The number of allylic oxidation sites excluding steroid dienone is 1. The van der Waals surface area contributed by atoms with Crippen molar-refractivity contribution >= 4 is 17.3 Å². The highest BCUT2D eigenvalue weighted by Gasteiger charge is 2.34. The lowest BCUT2D eigenvalue weighted by atomic mass is 9.93. The largest absolute Gasteiger partial charge is 0.461 e. The molecule has 0 radical (unpaired) electrons. The quantitative estimate of drug-likeness (QED) is 0.869.